The summed E-state index contributed by atoms with van der Waals surface area (Å²) in [6, 6.07) is 3.01. The maximum atomic E-state index is 13.6. The van der Waals surface area contributed by atoms with E-state index in [1.807, 2.05) is 0 Å². The molecule has 1 aromatic carbocycles. The number of benzene rings is 1. The van der Waals surface area contributed by atoms with Crippen LogP contribution < -0.4 is 11.3 Å². The molecule has 0 aliphatic carbocycles. The molecule has 0 saturated carbocycles. The monoisotopic (exact) mass is 239 g/mol. The third-order valence-corrected chi connectivity index (χ3v) is 2.74. The van der Waals surface area contributed by atoms with Gasteiger partial charge in [-0.2, -0.15) is 0 Å². The third kappa shape index (κ3) is 1.61. The molecule has 0 unspecified atom stereocenters. The summed E-state index contributed by atoms with van der Waals surface area (Å²) in [7, 11) is 1.58. The lowest BCUT2D eigenvalue weighted by Gasteiger charge is -2.08. The van der Waals surface area contributed by atoms with E-state index in [0.717, 1.165) is 16.8 Å². The zero-order valence-electron chi connectivity index (χ0n) is 9.37. The molecule has 17 heavy (non-hydrogen) atoms. The predicted molar refractivity (Wildman–Crippen MR) is 60.1 cm³/mol. The minimum Gasteiger partial charge on any atom is -0.393 e. The van der Waals surface area contributed by atoms with E-state index in [1.165, 1.54) is 10.7 Å². The van der Waals surface area contributed by atoms with E-state index in [0.29, 0.717) is 5.69 Å². The molecule has 0 saturated heterocycles. The van der Waals surface area contributed by atoms with Gasteiger partial charge < -0.3 is 5.73 Å². The number of nitrogen functional groups attached to an aromatic ring is 1. The number of aromatic nitrogens is 2. The van der Waals surface area contributed by atoms with Gasteiger partial charge >= 0.3 is 0 Å². The van der Waals surface area contributed by atoms with Crippen molar-refractivity contribution >= 4 is 5.69 Å². The zero-order valence-corrected chi connectivity index (χ0v) is 9.37. The Morgan fingerprint density at radius 3 is 2.41 bits per heavy atom. The highest BCUT2D eigenvalue weighted by Crippen LogP contribution is 2.15. The fourth-order valence-electron chi connectivity index (χ4n) is 1.65. The van der Waals surface area contributed by atoms with Crippen LogP contribution in [0, 0.1) is 18.6 Å². The van der Waals surface area contributed by atoms with Gasteiger partial charge in [-0.1, -0.05) is 0 Å². The Kier molecular flexibility index (Phi) is 2.49. The van der Waals surface area contributed by atoms with Gasteiger partial charge in [0.05, 0.1) is 5.69 Å². The fourth-order valence-corrected chi connectivity index (χ4v) is 1.65. The van der Waals surface area contributed by atoms with Crippen LogP contribution in [0.1, 0.15) is 5.69 Å². The van der Waals surface area contributed by atoms with Crippen LogP contribution in [0.15, 0.2) is 23.0 Å². The lowest BCUT2D eigenvalue weighted by atomic mass is 10.3. The molecule has 6 heteroatoms. The zero-order chi connectivity index (χ0) is 12.7. The second kappa shape index (κ2) is 3.73. The number of nitrogens with zero attached hydrogens (tertiary/aromatic N) is 2. The van der Waals surface area contributed by atoms with Crippen LogP contribution in [0.5, 0.6) is 0 Å². The Balaban J connectivity index is 2.78. The molecule has 0 fully saturated rings. The Bertz CT molecular complexity index is 643. The van der Waals surface area contributed by atoms with Crippen LogP contribution in [-0.2, 0) is 7.05 Å². The van der Waals surface area contributed by atoms with E-state index in [4.69, 9.17) is 5.73 Å². The molecule has 0 amide bonds. The largest absolute Gasteiger partial charge is 0.393 e. The molecule has 0 spiro atoms. The van der Waals surface area contributed by atoms with Crippen LogP contribution in [0.4, 0.5) is 14.5 Å². The van der Waals surface area contributed by atoms with Gasteiger partial charge in [-0.05, 0) is 19.1 Å². The van der Waals surface area contributed by atoms with E-state index < -0.39 is 17.2 Å². The summed E-state index contributed by atoms with van der Waals surface area (Å²) in [6.07, 6.45) is 0. The highest BCUT2D eigenvalue weighted by molar-refractivity contribution is 5.45. The molecule has 2 N–H and O–H groups in total. The van der Waals surface area contributed by atoms with Gasteiger partial charge in [0.15, 0.2) is 5.82 Å². The maximum Gasteiger partial charge on any atom is 0.294 e. The maximum absolute atomic E-state index is 13.6. The molecule has 1 heterocycles. The molecule has 0 aliphatic heterocycles. The second-order valence-corrected chi connectivity index (χ2v) is 3.74. The van der Waals surface area contributed by atoms with Crippen molar-refractivity contribution in [3.8, 4) is 5.69 Å². The van der Waals surface area contributed by atoms with E-state index in [9.17, 15) is 13.6 Å². The molecule has 0 aliphatic rings. The van der Waals surface area contributed by atoms with Crippen LogP contribution in [0.2, 0.25) is 0 Å². The highest BCUT2D eigenvalue weighted by atomic mass is 19.1. The van der Waals surface area contributed by atoms with E-state index in [-0.39, 0.29) is 11.4 Å². The lowest BCUT2D eigenvalue weighted by molar-refractivity contribution is 0.551. The van der Waals surface area contributed by atoms with Crippen molar-refractivity contribution in [2.75, 3.05) is 5.73 Å². The van der Waals surface area contributed by atoms with Crippen LogP contribution in [0.25, 0.3) is 5.69 Å². The van der Waals surface area contributed by atoms with Gasteiger partial charge in [-0.25, -0.2) is 13.5 Å². The number of anilines is 1. The molecule has 2 rings (SSSR count). The van der Waals surface area contributed by atoms with Crippen molar-refractivity contribution < 1.29 is 8.78 Å². The minimum absolute atomic E-state index is 0.0290. The number of hydrogen-bond donors (Lipinski definition) is 1. The predicted octanol–water partition coefficient (Wildman–Crippen LogP) is 1.34. The highest BCUT2D eigenvalue weighted by Gasteiger charge is 2.16. The Morgan fingerprint density at radius 1 is 1.29 bits per heavy atom. The van der Waals surface area contributed by atoms with E-state index in [2.05, 4.69) is 0 Å². The van der Waals surface area contributed by atoms with Crippen molar-refractivity contribution in [2.24, 2.45) is 7.05 Å². The third-order valence-electron chi connectivity index (χ3n) is 2.74. The Hall–Kier alpha value is -2.11. The van der Waals surface area contributed by atoms with Crippen LogP contribution in [0.3, 0.4) is 0 Å². The van der Waals surface area contributed by atoms with E-state index in [1.54, 1.807) is 14.0 Å². The smallest absolute Gasteiger partial charge is 0.294 e. The molecule has 1 aromatic heterocycles. The number of hydrogen-bond acceptors (Lipinski definition) is 2. The average molecular weight is 239 g/mol. The minimum atomic E-state index is -0.812. The molecule has 0 bridgehead atoms. The molecule has 0 atom stereocenters. The van der Waals surface area contributed by atoms with Gasteiger partial charge in [0, 0.05) is 13.1 Å². The number of rotatable bonds is 1. The summed E-state index contributed by atoms with van der Waals surface area (Å²) in [5.41, 5.74) is 5.60. The summed E-state index contributed by atoms with van der Waals surface area (Å²) < 4.78 is 28.9. The van der Waals surface area contributed by atoms with Gasteiger partial charge in [0.2, 0.25) is 0 Å². The Morgan fingerprint density at radius 2 is 1.94 bits per heavy atom. The summed E-state index contributed by atoms with van der Waals surface area (Å²) in [5.74, 6) is -1.51. The lowest BCUT2D eigenvalue weighted by Crippen LogP contribution is -2.21. The molecule has 4 nitrogen and oxygen atoms in total. The average Bonchev–Trinajstić information content (AvgIpc) is 2.45. The van der Waals surface area contributed by atoms with Crippen molar-refractivity contribution in [2.45, 2.75) is 6.92 Å². The first-order valence-electron chi connectivity index (χ1n) is 4.93. The first-order valence-corrected chi connectivity index (χ1v) is 4.93. The SMILES string of the molecule is Cc1c(N)c(=O)n(-c2ccc(F)cc2F)n1C. The molecule has 0 radical (unpaired) electrons. The second-order valence-electron chi connectivity index (χ2n) is 3.74. The molecule has 90 valence electrons. The normalized spacial score (nSPS) is 10.8. The summed E-state index contributed by atoms with van der Waals surface area (Å²) in [4.78, 5) is 11.8. The fraction of sp³-hybridized carbons (Fsp3) is 0.182. The first kappa shape index (κ1) is 11.4. The summed E-state index contributed by atoms with van der Waals surface area (Å²) in [6.45, 7) is 1.65. The quantitative estimate of drug-likeness (QED) is 0.816. The molecular formula is C11H11F2N3O. The first-order chi connectivity index (χ1) is 7.93. The van der Waals surface area contributed by atoms with Gasteiger partial charge in [-0.15, -0.1) is 0 Å². The van der Waals surface area contributed by atoms with Gasteiger partial charge in [0.25, 0.3) is 5.56 Å². The molecular weight excluding hydrogens is 228 g/mol. The van der Waals surface area contributed by atoms with Gasteiger partial charge in [0.1, 0.15) is 17.2 Å². The Labute approximate surface area is 95.9 Å². The standard InChI is InChI=1S/C11H11F2N3O/c1-6-10(14)11(17)16(15(6)2)9-4-3-7(12)5-8(9)13/h3-5H,14H2,1-2H3. The topological polar surface area (TPSA) is 53.0 Å². The summed E-state index contributed by atoms with van der Waals surface area (Å²) >= 11 is 0. The van der Waals surface area contributed by atoms with Crippen LogP contribution >= 0.6 is 0 Å². The van der Waals surface area contributed by atoms with Crippen molar-refractivity contribution in [1.29, 1.82) is 0 Å². The number of halogens is 2. The van der Waals surface area contributed by atoms with E-state index >= 15 is 0 Å². The van der Waals surface area contributed by atoms with Crippen LogP contribution in [-0.4, -0.2) is 9.36 Å². The summed E-state index contributed by atoms with van der Waals surface area (Å²) in [5, 5.41) is 0. The molecule has 2 aromatic rings. The van der Waals surface area contributed by atoms with Crippen molar-refractivity contribution in [3.63, 3.8) is 0 Å². The van der Waals surface area contributed by atoms with Crippen molar-refractivity contribution in [3.05, 3.63) is 45.9 Å². The van der Waals surface area contributed by atoms with Gasteiger partial charge in [-0.3, -0.25) is 9.48 Å². The number of nitrogens with two attached hydrogens (primary N) is 1. The van der Waals surface area contributed by atoms with Crippen molar-refractivity contribution in [1.82, 2.24) is 9.36 Å².